The van der Waals surface area contributed by atoms with E-state index in [1.165, 1.54) is 45.6 Å². The van der Waals surface area contributed by atoms with Gasteiger partial charge in [0.05, 0.1) is 30.6 Å². The molecular weight excluding hydrogens is 346 g/mol. The predicted octanol–water partition coefficient (Wildman–Crippen LogP) is 2.05. The molecule has 0 saturated heterocycles. The van der Waals surface area contributed by atoms with E-state index in [0.29, 0.717) is 5.56 Å². The zero-order chi connectivity index (χ0) is 19.5. The summed E-state index contributed by atoms with van der Waals surface area (Å²) in [6, 6.07) is 5.39. The summed E-state index contributed by atoms with van der Waals surface area (Å²) >= 11 is 0. The summed E-state index contributed by atoms with van der Waals surface area (Å²) in [5.41, 5.74) is 0.222. The number of hydrogen-bond acceptors (Lipinski definition) is 8. The fraction of sp³-hybridized carbons (Fsp3) is 0.412. The Morgan fingerprint density at radius 1 is 1.19 bits per heavy atom. The van der Waals surface area contributed by atoms with Crippen molar-refractivity contribution in [3.8, 4) is 0 Å². The third-order valence-corrected chi connectivity index (χ3v) is 4.15. The van der Waals surface area contributed by atoms with Crippen LogP contribution in [0, 0.1) is 16.0 Å². The van der Waals surface area contributed by atoms with Crippen LogP contribution >= 0.6 is 0 Å². The van der Waals surface area contributed by atoms with E-state index in [1.54, 1.807) is 6.92 Å². The fourth-order valence-corrected chi connectivity index (χ4v) is 2.71. The Hall–Kier alpha value is -2.94. The highest BCUT2D eigenvalue weighted by Gasteiger charge is 2.46. The van der Waals surface area contributed by atoms with Gasteiger partial charge in [-0.3, -0.25) is 14.9 Å². The molecular formula is C17H19NO8. The van der Waals surface area contributed by atoms with Crippen molar-refractivity contribution < 1.29 is 33.5 Å². The van der Waals surface area contributed by atoms with Crippen LogP contribution in [-0.4, -0.2) is 44.0 Å². The van der Waals surface area contributed by atoms with Crippen LogP contribution in [-0.2, 0) is 28.5 Å². The first-order valence-corrected chi connectivity index (χ1v) is 7.65. The van der Waals surface area contributed by atoms with Gasteiger partial charge in [-0.15, -0.1) is 0 Å². The molecule has 1 aliphatic rings. The maximum atomic E-state index is 12.3. The Morgan fingerprint density at radius 2 is 1.81 bits per heavy atom. The molecule has 2 atom stereocenters. The Balaban J connectivity index is 2.66. The second kappa shape index (κ2) is 7.52. The third kappa shape index (κ3) is 3.67. The second-order valence-electron chi connectivity index (χ2n) is 5.76. The number of nitro benzene ring substituents is 1. The molecule has 0 fully saturated rings. The van der Waals surface area contributed by atoms with Gasteiger partial charge in [0.25, 0.3) is 5.69 Å². The van der Waals surface area contributed by atoms with Crippen molar-refractivity contribution in [2.75, 3.05) is 21.3 Å². The lowest BCUT2D eigenvalue weighted by Crippen LogP contribution is -2.42. The molecule has 9 heteroatoms. The first kappa shape index (κ1) is 19.4. The number of non-ortho nitro benzene ring substituents is 1. The second-order valence-corrected chi connectivity index (χ2v) is 5.76. The number of carbonyl (C=O) groups excluding carboxylic acids is 2. The van der Waals surface area contributed by atoms with E-state index in [-0.39, 0.29) is 23.4 Å². The van der Waals surface area contributed by atoms with Crippen molar-refractivity contribution >= 4 is 23.4 Å². The van der Waals surface area contributed by atoms with E-state index in [4.69, 9.17) is 18.9 Å². The van der Waals surface area contributed by atoms with Crippen molar-refractivity contribution in [2.45, 2.75) is 19.1 Å². The van der Waals surface area contributed by atoms with Gasteiger partial charge in [-0.1, -0.05) is 0 Å². The molecule has 140 valence electrons. The Labute approximate surface area is 149 Å². The zero-order valence-electron chi connectivity index (χ0n) is 14.8. The number of nitro groups is 1. The summed E-state index contributed by atoms with van der Waals surface area (Å²) in [6.07, 6.45) is 0.0388. The number of ether oxygens (including phenoxy) is 4. The highest BCUT2D eigenvalue weighted by Crippen LogP contribution is 2.41. The molecule has 0 bridgehead atoms. The molecule has 0 aromatic heterocycles. The first-order chi connectivity index (χ1) is 12.3. The molecule has 0 aliphatic carbocycles. The highest BCUT2D eigenvalue weighted by atomic mass is 16.7. The van der Waals surface area contributed by atoms with Crippen LogP contribution in [0.1, 0.15) is 18.9 Å². The van der Waals surface area contributed by atoms with Crippen molar-refractivity contribution in [1.29, 1.82) is 0 Å². The van der Waals surface area contributed by atoms with Gasteiger partial charge in [0.1, 0.15) is 5.76 Å². The summed E-state index contributed by atoms with van der Waals surface area (Å²) in [6.45, 7) is 1.61. The normalized spacial score (nSPS) is 22.4. The van der Waals surface area contributed by atoms with Gasteiger partial charge in [-0.25, -0.2) is 4.79 Å². The quantitative estimate of drug-likeness (QED) is 0.442. The van der Waals surface area contributed by atoms with Gasteiger partial charge in [-0.2, -0.15) is 0 Å². The lowest BCUT2D eigenvalue weighted by molar-refractivity contribution is -0.384. The number of hydrogen-bond donors (Lipinski definition) is 0. The first-order valence-electron chi connectivity index (χ1n) is 7.65. The van der Waals surface area contributed by atoms with E-state index < -0.39 is 28.6 Å². The van der Waals surface area contributed by atoms with Gasteiger partial charge in [-0.05, 0) is 12.1 Å². The zero-order valence-corrected chi connectivity index (χ0v) is 14.8. The summed E-state index contributed by atoms with van der Waals surface area (Å²) in [7, 11) is 3.80. The van der Waals surface area contributed by atoms with Crippen LogP contribution in [0.25, 0.3) is 5.76 Å². The molecule has 26 heavy (non-hydrogen) atoms. The number of esters is 2. The molecule has 0 amide bonds. The summed E-state index contributed by atoms with van der Waals surface area (Å²) < 4.78 is 20.8. The van der Waals surface area contributed by atoms with Gasteiger partial charge in [0, 0.05) is 38.2 Å². The largest absolute Gasteiger partial charge is 0.469 e. The lowest BCUT2D eigenvalue weighted by Gasteiger charge is -2.38. The van der Waals surface area contributed by atoms with Gasteiger partial charge < -0.3 is 18.9 Å². The van der Waals surface area contributed by atoms with Crippen molar-refractivity contribution in [1.82, 2.24) is 0 Å². The van der Waals surface area contributed by atoms with Crippen molar-refractivity contribution in [3.05, 3.63) is 45.5 Å². The Kier molecular flexibility index (Phi) is 5.61. The van der Waals surface area contributed by atoms with Crippen LogP contribution in [0.5, 0.6) is 0 Å². The van der Waals surface area contributed by atoms with E-state index in [1.807, 2.05) is 0 Å². The molecule has 1 aromatic rings. The predicted molar refractivity (Wildman–Crippen MR) is 88.7 cm³/mol. The molecule has 1 aromatic carbocycles. The lowest BCUT2D eigenvalue weighted by atomic mass is 9.86. The minimum Gasteiger partial charge on any atom is -0.469 e. The summed E-state index contributed by atoms with van der Waals surface area (Å²) in [5.74, 6) is -3.52. The van der Waals surface area contributed by atoms with E-state index in [9.17, 15) is 19.7 Å². The standard InChI is InChI=1S/C17H19NO8/c1-17(25-4)9-12(15(19)23-2)13(16(20)24-3)14(26-17)10-5-7-11(8-6-10)18(21)22/h5-8,12H,9H2,1-4H3/t12-,17+/m1/s1. The van der Waals surface area contributed by atoms with Gasteiger partial charge in [0.2, 0.25) is 5.79 Å². The minimum absolute atomic E-state index is 0.0253. The number of carbonyl (C=O) groups is 2. The van der Waals surface area contributed by atoms with Crippen LogP contribution in [0.15, 0.2) is 29.8 Å². The monoisotopic (exact) mass is 365 g/mol. The van der Waals surface area contributed by atoms with Crippen LogP contribution < -0.4 is 0 Å². The van der Waals surface area contributed by atoms with Crippen molar-refractivity contribution in [3.63, 3.8) is 0 Å². The Morgan fingerprint density at radius 3 is 2.27 bits per heavy atom. The van der Waals surface area contributed by atoms with E-state index in [0.717, 1.165) is 0 Å². The molecule has 0 unspecified atom stereocenters. The molecule has 1 aliphatic heterocycles. The summed E-state index contributed by atoms with van der Waals surface area (Å²) in [5, 5.41) is 10.8. The number of nitrogens with zero attached hydrogens (tertiary/aromatic N) is 1. The molecule has 9 nitrogen and oxygen atoms in total. The maximum absolute atomic E-state index is 12.3. The molecule has 0 spiro atoms. The number of rotatable bonds is 5. The third-order valence-electron chi connectivity index (χ3n) is 4.15. The minimum atomic E-state index is -1.20. The molecule has 0 saturated carbocycles. The molecule has 0 radical (unpaired) electrons. The topological polar surface area (TPSA) is 114 Å². The summed E-state index contributed by atoms with van der Waals surface area (Å²) in [4.78, 5) is 34.9. The molecule has 0 N–H and O–H groups in total. The molecule has 1 heterocycles. The van der Waals surface area contributed by atoms with Crippen molar-refractivity contribution in [2.24, 2.45) is 5.92 Å². The van der Waals surface area contributed by atoms with Gasteiger partial charge >= 0.3 is 11.9 Å². The number of benzene rings is 1. The Bertz CT molecular complexity index is 755. The maximum Gasteiger partial charge on any atom is 0.338 e. The van der Waals surface area contributed by atoms with E-state index >= 15 is 0 Å². The SMILES string of the molecule is COC(=O)C1=C(c2ccc([N+](=O)[O-])cc2)O[C@](C)(OC)C[C@H]1C(=O)OC. The van der Waals surface area contributed by atoms with Crippen LogP contribution in [0.2, 0.25) is 0 Å². The average molecular weight is 365 g/mol. The number of methoxy groups -OCH3 is 3. The smallest absolute Gasteiger partial charge is 0.338 e. The average Bonchev–Trinajstić information content (AvgIpc) is 2.66. The van der Waals surface area contributed by atoms with E-state index in [2.05, 4.69) is 0 Å². The van der Waals surface area contributed by atoms with Crippen LogP contribution in [0.4, 0.5) is 5.69 Å². The highest BCUT2D eigenvalue weighted by molar-refractivity contribution is 6.02. The fourth-order valence-electron chi connectivity index (χ4n) is 2.71. The van der Waals surface area contributed by atoms with Crippen LogP contribution in [0.3, 0.4) is 0 Å². The van der Waals surface area contributed by atoms with Gasteiger partial charge in [0.15, 0.2) is 0 Å². The molecule has 2 rings (SSSR count).